The molecule has 0 aromatic heterocycles. The molecule has 12 heavy (non-hydrogen) atoms. The Kier molecular flexibility index (Phi) is 1.95. The minimum Gasteiger partial charge on any atom is -0.389 e. The molecule has 1 aromatic carbocycles. The van der Waals surface area contributed by atoms with Crippen LogP contribution >= 0.6 is 11.6 Å². The van der Waals surface area contributed by atoms with Crippen molar-refractivity contribution in [3.63, 3.8) is 0 Å². The molecule has 64 valence electrons. The number of anilines is 1. The first-order chi connectivity index (χ1) is 5.77. The Morgan fingerprint density at radius 1 is 1.42 bits per heavy atom. The highest BCUT2D eigenvalue weighted by Gasteiger charge is 2.23. The van der Waals surface area contributed by atoms with E-state index in [4.69, 9.17) is 11.6 Å². The van der Waals surface area contributed by atoms with E-state index in [-0.39, 0.29) is 5.50 Å². The van der Waals surface area contributed by atoms with Gasteiger partial charge in [-0.1, -0.05) is 29.8 Å². The number of aliphatic hydroxyl groups excluding tert-OH is 1. The third kappa shape index (κ3) is 1.28. The molecule has 2 unspecified atom stereocenters. The van der Waals surface area contributed by atoms with Crippen LogP contribution in [-0.2, 0) is 6.42 Å². The van der Waals surface area contributed by atoms with Crippen molar-refractivity contribution in [3.8, 4) is 0 Å². The van der Waals surface area contributed by atoms with Crippen molar-refractivity contribution in [3.05, 3.63) is 29.8 Å². The molecule has 1 aromatic rings. The summed E-state index contributed by atoms with van der Waals surface area (Å²) in [6.07, 6.45) is 0.152. The molecule has 0 radical (unpaired) electrons. The fourth-order valence-corrected chi connectivity index (χ4v) is 1.62. The van der Waals surface area contributed by atoms with Gasteiger partial charge in [-0.3, -0.25) is 0 Å². The quantitative estimate of drug-likeness (QED) is 0.473. The van der Waals surface area contributed by atoms with Crippen LogP contribution < -0.4 is 5.32 Å². The van der Waals surface area contributed by atoms with Crippen molar-refractivity contribution in [2.24, 2.45) is 0 Å². The molecule has 2 N–H and O–H groups in total. The number of alkyl halides is 1. The maximum Gasteiger partial charge on any atom is 0.128 e. The first-order valence-corrected chi connectivity index (χ1v) is 4.37. The average Bonchev–Trinajstić information content (AvgIpc) is 2.07. The fourth-order valence-electron chi connectivity index (χ4n) is 1.41. The third-order valence-corrected chi connectivity index (χ3v) is 2.48. The number of hydrogen-bond donors (Lipinski definition) is 2. The number of benzene rings is 1. The monoisotopic (exact) mass is 183 g/mol. The topological polar surface area (TPSA) is 32.3 Å². The SMILES string of the molecule is OC1Cc2ccccc2NC1Cl. The molecule has 0 fully saturated rings. The number of aliphatic hydroxyl groups is 1. The summed E-state index contributed by atoms with van der Waals surface area (Å²) in [7, 11) is 0. The van der Waals surface area contributed by atoms with Gasteiger partial charge in [0.2, 0.25) is 0 Å². The van der Waals surface area contributed by atoms with E-state index in [1.165, 1.54) is 0 Å². The molecule has 0 amide bonds. The van der Waals surface area contributed by atoms with Crippen molar-refractivity contribution in [2.45, 2.75) is 18.0 Å². The molecular weight excluding hydrogens is 174 g/mol. The van der Waals surface area contributed by atoms with Gasteiger partial charge in [-0.05, 0) is 11.6 Å². The average molecular weight is 184 g/mol. The molecule has 1 aliphatic rings. The second kappa shape index (κ2) is 2.96. The number of hydrogen-bond acceptors (Lipinski definition) is 2. The van der Waals surface area contributed by atoms with Crippen LogP contribution in [0.25, 0.3) is 0 Å². The van der Waals surface area contributed by atoms with Gasteiger partial charge in [0.05, 0.1) is 6.10 Å². The lowest BCUT2D eigenvalue weighted by molar-refractivity contribution is 0.173. The molecule has 1 heterocycles. The van der Waals surface area contributed by atoms with Crippen molar-refractivity contribution in [2.75, 3.05) is 5.32 Å². The first-order valence-electron chi connectivity index (χ1n) is 3.94. The first kappa shape index (κ1) is 7.90. The van der Waals surface area contributed by atoms with Gasteiger partial charge in [-0.25, -0.2) is 0 Å². The van der Waals surface area contributed by atoms with E-state index >= 15 is 0 Å². The minimum atomic E-state index is -0.485. The largest absolute Gasteiger partial charge is 0.389 e. The Bertz CT molecular complexity index is 261. The Labute approximate surface area is 76.2 Å². The van der Waals surface area contributed by atoms with Gasteiger partial charge in [0, 0.05) is 12.1 Å². The van der Waals surface area contributed by atoms with E-state index in [2.05, 4.69) is 5.32 Å². The molecule has 2 atom stereocenters. The molecule has 0 spiro atoms. The van der Waals surface area contributed by atoms with Crippen LogP contribution in [-0.4, -0.2) is 16.7 Å². The summed E-state index contributed by atoms with van der Waals surface area (Å²) in [5.74, 6) is 0. The second-order valence-electron chi connectivity index (χ2n) is 2.97. The van der Waals surface area contributed by atoms with Crippen LogP contribution in [0.1, 0.15) is 5.56 Å². The number of para-hydroxylation sites is 1. The maximum atomic E-state index is 9.43. The van der Waals surface area contributed by atoms with Gasteiger partial charge >= 0.3 is 0 Å². The number of rotatable bonds is 0. The maximum absolute atomic E-state index is 9.43. The van der Waals surface area contributed by atoms with Crippen molar-refractivity contribution in [1.82, 2.24) is 0 Å². The summed E-state index contributed by atoms with van der Waals surface area (Å²) in [6, 6.07) is 7.87. The zero-order chi connectivity index (χ0) is 8.55. The Morgan fingerprint density at radius 3 is 3.00 bits per heavy atom. The van der Waals surface area contributed by atoms with Gasteiger partial charge in [0.25, 0.3) is 0 Å². The summed E-state index contributed by atoms with van der Waals surface area (Å²) in [5, 5.41) is 12.5. The lowest BCUT2D eigenvalue weighted by Gasteiger charge is -2.27. The summed E-state index contributed by atoms with van der Waals surface area (Å²) in [6.45, 7) is 0. The molecule has 3 heteroatoms. The van der Waals surface area contributed by atoms with Gasteiger partial charge in [-0.2, -0.15) is 0 Å². The van der Waals surface area contributed by atoms with E-state index in [9.17, 15) is 5.11 Å². The highest BCUT2D eigenvalue weighted by atomic mass is 35.5. The Morgan fingerprint density at radius 2 is 2.17 bits per heavy atom. The molecular formula is C9H10ClNO. The van der Waals surface area contributed by atoms with Gasteiger partial charge in [0.1, 0.15) is 5.50 Å². The summed E-state index contributed by atoms with van der Waals surface area (Å²) >= 11 is 5.83. The molecule has 0 bridgehead atoms. The van der Waals surface area contributed by atoms with E-state index < -0.39 is 6.10 Å². The molecule has 0 aliphatic carbocycles. The van der Waals surface area contributed by atoms with Crippen LogP contribution in [0.3, 0.4) is 0 Å². The molecule has 1 aliphatic heterocycles. The van der Waals surface area contributed by atoms with Gasteiger partial charge in [0.15, 0.2) is 0 Å². The lowest BCUT2D eigenvalue weighted by Crippen LogP contribution is -2.34. The van der Waals surface area contributed by atoms with E-state index in [1.54, 1.807) is 0 Å². The van der Waals surface area contributed by atoms with Crippen LogP contribution in [0.5, 0.6) is 0 Å². The van der Waals surface area contributed by atoms with Crippen LogP contribution in [0, 0.1) is 0 Å². The molecule has 2 nitrogen and oxygen atoms in total. The van der Waals surface area contributed by atoms with Crippen LogP contribution in [0.2, 0.25) is 0 Å². The zero-order valence-electron chi connectivity index (χ0n) is 6.50. The van der Waals surface area contributed by atoms with Crippen molar-refractivity contribution < 1.29 is 5.11 Å². The normalized spacial score (nSPS) is 27.5. The minimum absolute atomic E-state index is 0.361. The fraction of sp³-hybridized carbons (Fsp3) is 0.333. The number of halogens is 1. The predicted molar refractivity (Wildman–Crippen MR) is 49.4 cm³/mol. The number of fused-ring (bicyclic) bond motifs is 1. The summed E-state index contributed by atoms with van der Waals surface area (Å²) < 4.78 is 0. The van der Waals surface area contributed by atoms with Gasteiger partial charge in [-0.15, -0.1) is 0 Å². The van der Waals surface area contributed by atoms with E-state index in [0.717, 1.165) is 11.3 Å². The summed E-state index contributed by atoms with van der Waals surface area (Å²) in [5.41, 5.74) is 1.80. The Hall–Kier alpha value is -0.730. The van der Waals surface area contributed by atoms with Crippen LogP contribution in [0.15, 0.2) is 24.3 Å². The number of nitrogens with one attached hydrogen (secondary N) is 1. The lowest BCUT2D eigenvalue weighted by atomic mass is 10.0. The van der Waals surface area contributed by atoms with Crippen molar-refractivity contribution >= 4 is 17.3 Å². The highest BCUT2D eigenvalue weighted by molar-refractivity contribution is 6.22. The predicted octanol–water partition coefficient (Wildman–Crippen LogP) is 1.58. The third-order valence-electron chi connectivity index (χ3n) is 2.08. The van der Waals surface area contributed by atoms with E-state index in [0.29, 0.717) is 6.42 Å². The van der Waals surface area contributed by atoms with E-state index in [1.807, 2.05) is 24.3 Å². The highest BCUT2D eigenvalue weighted by Crippen LogP contribution is 2.25. The smallest absolute Gasteiger partial charge is 0.128 e. The molecule has 0 saturated carbocycles. The second-order valence-corrected chi connectivity index (χ2v) is 3.44. The standard InChI is InChI=1S/C9H10ClNO/c10-9-8(12)5-6-3-1-2-4-7(6)11-9/h1-4,8-9,11-12H,5H2. The van der Waals surface area contributed by atoms with Crippen molar-refractivity contribution in [1.29, 1.82) is 0 Å². The molecule has 0 saturated heterocycles. The van der Waals surface area contributed by atoms with Crippen LogP contribution in [0.4, 0.5) is 5.69 Å². The van der Waals surface area contributed by atoms with Gasteiger partial charge < -0.3 is 10.4 Å². The Balaban J connectivity index is 2.34. The summed E-state index contributed by atoms with van der Waals surface area (Å²) in [4.78, 5) is 0. The molecule has 2 rings (SSSR count). The zero-order valence-corrected chi connectivity index (χ0v) is 7.25.